The van der Waals surface area contributed by atoms with Crippen LogP contribution in [0.3, 0.4) is 0 Å². The van der Waals surface area contributed by atoms with Crippen LogP contribution in [-0.2, 0) is 19.3 Å². The number of alkyl halides is 9. The molecule has 0 aromatic heterocycles. The molecule has 5 N–H and O–H groups in total. The second kappa shape index (κ2) is 13.9. The van der Waals surface area contributed by atoms with Crippen LogP contribution in [0.15, 0.2) is 0 Å². The minimum absolute atomic E-state index is 0.00827. The molecule has 4 rings (SSSR count). The Balaban J connectivity index is 1.32. The number of sulfonamides is 1. The molecular formula is C24H39F9N6O3S. The normalized spacial score (nSPS) is 35.9. The monoisotopic (exact) mass is 662 g/mol. The van der Waals surface area contributed by atoms with Crippen LogP contribution in [0.1, 0.15) is 64.2 Å². The van der Waals surface area contributed by atoms with Crippen LogP contribution in [-0.4, -0.2) is 83.3 Å². The first-order valence-corrected chi connectivity index (χ1v) is 16.0. The van der Waals surface area contributed by atoms with Crippen LogP contribution < -0.4 is 26.6 Å². The highest BCUT2D eigenvalue weighted by atomic mass is 32.3. The molecule has 0 radical (unpaired) electrons. The maximum Gasteiger partial charge on any atom is 0.411 e. The fourth-order valence-electron chi connectivity index (χ4n) is 6.39. The highest BCUT2D eigenvalue weighted by Gasteiger charge is 2.49. The molecule has 0 amide bonds. The zero-order chi connectivity index (χ0) is 31.6. The zero-order valence-corrected chi connectivity index (χ0v) is 24.1. The van der Waals surface area contributed by atoms with Gasteiger partial charge in [0, 0.05) is 31.6 Å². The van der Waals surface area contributed by atoms with E-state index in [4.69, 9.17) is 4.74 Å². The number of hydrogen-bond donors (Lipinski definition) is 5. The summed E-state index contributed by atoms with van der Waals surface area (Å²) >= 11 is 0. The molecule has 0 bridgehead atoms. The Bertz CT molecular complexity index is 951. The molecule has 2 aliphatic carbocycles. The van der Waals surface area contributed by atoms with Crippen molar-refractivity contribution in [3.63, 3.8) is 0 Å². The summed E-state index contributed by atoms with van der Waals surface area (Å²) in [7, 11) is -3.96. The number of rotatable bonds is 8. The quantitative estimate of drug-likeness (QED) is 0.198. The van der Waals surface area contributed by atoms with E-state index < -0.39 is 84.0 Å². The van der Waals surface area contributed by atoms with Crippen molar-refractivity contribution in [1.29, 1.82) is 0 Å². The number of hydrogen-bond acceptors (Lipinski definition) is 8. The van der Waals surface area contributed by atoms with Gasteiger partial charge in [0.15, 0.2) is 6.35 Å². The van der Waals surface area contributed by atoms with Gasteiger partial charge in [0.2, 0.25) is 0 Å². The van der Waals surface area contributed by atoms with Crippen molar-refractivity contribution >= 4 is 10.4 Å². The second-order valence-electron chi connectivity index (χ2n) is 11.9. The molecular weight excluding hydrogens is 623 g/mol. The number of ether oxygens (including phenoxy) is 1. The van der Waals surface area contributed by atoms with Gasteiger partial charge in [0.25, 0.3) is 0 Å². The van der Waals surface area contributed by atoms with E-state index in [-0.39, 0.29) is 64.1 Å². The van der Waals surface area contributed by atoms with E-state index in [0.717, 1.165) is 0 Å². The van der Waals surface area contributed by atoms with Crippen LogP contribution in [0.25, 0.3) is 0 Å². The maximum atomic E-state index is 13.3. The van der Waals surface area contributed by atoms with Crippen molar-refractivity contribution in [1.82, 2.24) is 30.9 Å². The molecule has 8 atom stereocenters. The molecule has 43 heavy (non-hydrogen) atoms. The minimum Gasteiger partial charge on any atom is -0.597 e. The van der Waals surface area contributed by atoms with Gasteiger partial charge in [-0.25, -0.2) is 0 Å². The molecule has 2 saturated heterocycles. The lowest BCUT2D eigenvalue weighted by Crippen LogP contribution is -2.76. The summed E-state index contributed by atoms with van der Waals surface area (Å²) in [6.07, 6.45) is -15.6. The summed E-state index contributed by atoms with van der Waals surface area (Å²) in [5, 5.41) is 13.6. The minimum atomic E-state index is -4.62. The lowest BCUT2D eigenvalue weighted by Gasteiger charge is -2.44. The van der Waals surface area contributed by atoms with Gasteiger partial charge in [-0.3, -0.25) is 26.6 Å². The lowest BCUT2D eigenvalue weighted by molar-refractivity contribution is -0.199. The Labute approximate surface area is 245 Å². The van der Waals surface area contributed by atoms with E-state index in [9.17, 15) is 48.3 Å². The number of piperidine rings is 1. The number of nitrogens with zero attached hydrogens (tertiary/aromatic N) is 1. The Hall–Kier alpha value is -0.800. The van der Waals surface area contributed by atoms with Crippen LogP contribution in [0, 0.1) is 11.8 Å². The molecule has 0 spiro atoms. The fraction of sp³-hybridized carbons (Fsp3) is 1.00. The molecule has 2 saturated carbocycles. The van der Waals surface area contributed by atoms with Gasteiger partial charge in [-0.05, 0) is 51.4 Å². The van der Waals surface area contributed by atoms with Gasteiger partial charge in [-0.15, -0.1) is 4.31 Å². The molecule has 2 heterocycles. The summed E-state index contributed by atoms with van der Waals surface area (Å²) < 4.78 is 150. The third kappa shape index (κ3) is 10.1. The topological polar surface area (TPSA) is 113 Å². The third-order valence-electron chi connectivity index (χ3n) is 8.65. The first kappa shape index (κ1) is 35.1. The van der Waals surface area contributed by atoms with Crippen LogP contribution in [0.2, 0.25) is 0 Å². The van der Waals surface area contributed by atoms with Crippen molar-refractivity contribution in [2.75, 3.05) is 19.7 Å². The van der Waals surface area contributed by atoms with Crippen molar-refractivity contribution in [2.45, 2.75) is 119 Å². The van der Waals surface area contributed by atoms with Gasteiger partial charge in [0.05, 0.1) is 11.8 Å². The van der Waals surface area contributed by atoms with E-state index in [1.54, 1.807) is 0 Å². The largest absolute Gasteiger partial charge is 0.597 e. The lowest BCUT2D eigenvalue weighted by atomic mass is 9.85. The fourth-order valence-corrected chi connectivity index (χ4v) is 8.47. The molecule has 252 valence electrons. The standard InChI is InChI=1S/C24H39F9N6O3S/c25-22(26,27)13-42-21-37-19(36-20(38-21)35-17-5-1-3-14(11-17)23(28,29)30)34-16-7-9-39(10-8-16)43(40,41)18-6-2-4-15(12-18)24(31,32)33/h14-21,34-38H,1-13H2. The molecule has 2 aliphatic heterocycles. The van der Waals surface area contributed by atoms with Gasteiger partial charge >= 0.3 is 18.5 Å². The van der Waals surface area contributed by atoms with Crippen molar-refractivity contribution < 1.29 is 53.0 Å². The van der Waals surface area contributed by atoms with Gasteiger partial charge < -0.3 is 9.29 Å². The predicted molar refractivity (Wildman–Crippen MR) is 136 cm³/mol. The average Bonchev–Trinajstić information content (AvgIpc) is 2.91. The summed E-state index contributed by atoms with van der Waals surface area (Å²) in [4.78, 5) is 0. The van der Waals surface area contributed by atoms with Crippen molar-refractivity contribution in [3.8, 4) is 0 Å². The molecule has 9 nitrogen and oxygen atoms in total. The smallest absolute Gasteiger partial charge is 0.411 e. The maximum absolute atomic E-state index is 13.3. The average molecular weight is 663 g/mol. The Morgan fingerprint density at radius 2 is 1.28 bits per heavy atom. The van der Waals surface area contributed by atoms with E-state index in [1.165, 1.54) is 4.31 Å². The van der Waals surface area contributed by atoms with E-state index in [0.29, 0.717) is 12.8 Å². The van der Waals surface area contributed by atoms with Crippen LogP contribution in [0.4, 0.5) is 39.5 Å². The highest BCUT2D eigenvalue weighted by molar-refractivity contribution is 7.96. The Morgan fingerprint density at radius 3 is 1.84 bits per heavy atom. The third-order valence-corrected chi connectivity index (χ3v) is 11.0. The Morgan fingerprint density at radius 1 is 0.744 bits per heavy atom. The highest BCUT2D eigenvalue weighted by Crippen LogP contribution is 2.42. The number of nitrogens with one attached hydrogen (secondary N) is 5. The molecule has 0 aromatic rings. The molecule has 0 aromatic carbocycles. The second-order valence-corrected chi connectivity index (χ2v) is 14.1. The summed E-state index contributed by atoms with van der Waals surface area (Å²) in [6, 6.07) is -0.880. The predicted octanol–water partition coefficient (Wildman–Crippen LogP) is 3.63. The first-order valence-electron chi connectivity index (χ1n) is 14.5. The SMILES string of the molecule is O=[S+]([O-])(C1CCCC(C(F)(F)F)C1)N1CCC(NC2NC(NC3CCCC(C(F)(F)F)C3)NC(OCC(F)(F)F)N2)CC1. The van der Waals surface area contributed by atoms with Crippen LogP contribution >= 0.6 is 0 Å². The Kier molecular flexibility index (Phi) is 11.3. The summed E-state index contributed by atoms with van der Waals surface area (Å²) in [5.74, 6) is -3.14. The van der Waals surface area contributed by atoms with E-state index >= 15 is 0 Å². The summed E-state index contributed by atoms with van der Waals surface area (Å²) in [5.41, 5.74) is 0. The van der Waals surface area contributed by atoms with E-state index in [2.05, 4.69) is 26.6 Å². The van der Waals surface area contributed by atoms with Crippen LogP contribution in [0.5, 0.6) is 0 Å². The molecule has 19 heteroatoms. The molecule has 8 unspecified atom stereocenters. The zero-order valence-electron chi connectivity index (χ0n) is 23.3. The number of halogens is 9. The van der Waals surface area contributed by atoms with Gasteiger partial charge in [-0.2, -0.15) is 39.5 Å². The molecule has 4 fully saturated rings. The first-order chi connectivity index (χ1) is 19.9. The van der Waals surface area contributed by atoms with Gasteiger partial charge in [0.1, 0.15) is 34.8 Å². The van der Waals surface area contributed by atoms with E-state index in [1.807, 2.05) is 0 Å². The van der Waals surface area contributed by atoms with Crippen molar-refractivity contribution in [3.05, 3.63) is 0 Å². The van der Waals surface area contributed by atoms with Gasteiger partial charge in [-0.1, -0.05) is 10.6 Å². The summed E-state index contributed by atoms with van der Waals surface area (Å²) in [6.45, 7) is -1.48. The molecule has 4 aliphatic rings. The van der Waals surface area contributed by atoms with Crippen molar-refractivity contribution in [2.24, 2.45) is 11.8 Å².